The van der Waals surface area contributed by atoms with Crippen molar-refractivity contribution in [2.75, 3.05) is 0 Å². The molecule has 0 amide bonds. The SMILES string of the molecule is CCC1(C(=O)O)CC1c1cc(F)c(O)c(F)c1. The fourth-order valence-corrected chi connectivity index (χ4v) is 2.31. The molecule has 2 rings (SSSR count). The topological polar surface area (TPSA) is 57.5 Å². The van der Waals surface area contributed by atoms with Crippen LogP contribution in [0.2, 0.25) is 0 Å². The highest BCUT2D eigenvalue weighted by atomic mass is 19.1. The number of carboxylic acids is 1. The van der Waals surface area contributed by atoms with Gasteiger partial charge >= 0.3 is 5.97 Å². The maximum absolute atomic E-state index is 13.1. The molecule has 1 aliphatic carbocycles. The summed E-state index contributed by atoms with van der Waals surface area (Å²) in [6, 6.07) is 2.01. The van der Waals surface area contributed by atoms with Crippen LogP contribution in [0.15, 0.2) is 12.1 Å². The summed E-state index contributed by atoms with van der Waals surface area (Å²) >= 11 is 0. The number of carbonyl (C=O) groups is 1. The zero-order valence-corrected chi connectivity index (χ0v) is 9.20. The van der Waals surface area contributed by atoms with Crippen molar-refractivity contribution < 1.29 is 23.8 Å². The molecule has 0 aliphatic heterocycles. The highest BCUT2D eigenvalue weighted by Crippen LogP contribution is 2.61. The minimum absolute atomic E-state index is 0.294. The van der Waals surface area contributed by atoms with Gasteiger partial charge in [-0.2, -0.15) is 0 Å². The summed E-state index contributed by atoms with van der Waals surface area (Å²) in [5, 5.41) is 18.1. The third kappa shape index (κ3) is 1.66. The molecule has 1 aromatic carbocycles. The van der Waals surface area contributed by atoms with E-state index in [4.69, 9.17) is 10.2 Å². The maximum atomic E-state index is 13.1. The molecule has 0 aromatic heterocycles. The molecule has 0 radical (unpaired) electrons. The third-order valence-electron chi connectivity index (χ3n) is 3.57. The van der Waals surface area contributed by atoms with E-state index < -0.39 is 28.8 Å². The van der Waals surface area contributed by atoms with Gasteiger partial charge in [0.05, 0.1) is 5.41 Å². The molecule has 2 N–H and O–H groups in total. The number of phenolic OH excluding ortho intramolecular Hbond substituents is 1. The third-order valence-corrected chi connectivity index (χ3v) is 3.57. The fourth-order valence-electron chi connectivity index (χ4n) is 2.31. The lowest BCUT2D eigenvalue weighted by Crippen LogP contribution is -2.15. The highest BCUT2D eigenvalue weighted by molar-refractivity contribution is 5.80. The van der Waals surface area contributed by atoms with Crippen LogP contribution in [0.1, 0.15) is 31.2 Å². The first kappa shape index (κ1) is 11.8. The second-order valence-corrected chi connectivity index (χ2v) is 4.40. The van der Waals surface area contributed by atoms with Crippen molar-refractivity contribution >= 4 is 5.97 Å². The molecule has 0 spiro atoms. The van der Waals surface area contributed by atoms with Crippen LogP contribution in [0.4, 0.5) is 8.78 Å². The second-order valence-electron chi connectivity index (χ2n) is 4.40. The van der Waals surface area contributed by atoms with Gasteiger partial charge in [-0.1, -0.05) is 6.92 Å². The van der Waals surface area contributed by atoms with Gasteiger partial charge in [-0.3, -0.25) is 4.79 Å². The Labute approximate surface area is 96.7 Å². The number of carboxylic acid groups (broad SMARTS) is 1. The Morgan fingerprint density at radius 2 is 2.00 bits per heavy atom. The summed E-state index contributed by atoms with van der Waals surface area (Å²) < 4.78 is 26.3. The Morgan fingerprint density at radius 1 is 1.47 bits per heavy atom. The van der Waals surface area contributed by atoms with Crippen LogP contribution in [-0.2, 0) is 4.79 Å². The molecule has 1 aliphatic rings. The van der Waals surface area contributed by atoms with Gasteiger partial charge in [0.15, 0.2) is 17.4 Å². The molecular formula is C12H12F2O3. The van der Waals surface area contributed by atoms with Crippen LogP contribution >= 0.6 is 0 Å². The van der Waals surface area contributed by atoms with E-state index in [9.17, 15) is 13.6 Å². The van der Waals surface area contributed by atoms with Crippen molar-refractivity contribution in [3.63, 3.8) is 0 Å². The van der Waals surface area contributed by atoms with Crippen LogP contribution in [0.25, 0.3) is 0 Å². The van der Waals surface area contributed by atoms with Gasteiger partial charge in [0, 0.05) is 5.92 Å². The molecule has 0 bridgehead atoms. The van der Waals surface area contributed by atoms with Crippen molar-refractivity contribution in [3.05, 3.63) is 29.3 Å². The number of phenols is 1. The largest absolute Gasteiger partial charge is 0.503 e. The lowest BCUT2D eigenvalue weighted by Gasteiger charge is -2.09. The molecule has 3 nitrogen and oxygen atoms in total. The average molecular weight is 242 g/mol. The number of hydrogen-bond acceptors (Lipinski definition) is 2. The molecule has 1 aromatic rings. The molecule has 5 heteroatoms. The summed E-state index contributed by atoms with van der Waals surface area (Å²) in [5.74, 6) is -4.45. The number of benzene rings is 1. The number of hydrogen-bond donors (Lipinski definition) is 2. The fraction of sp³-hybridized carbons (Fsp3) is 0.417. The molecule has 1 fully saturated rings. The second kappa shape index (κ2) is 3.68. The van der Waals surface area contributed by atoms with Gasteiger partial charge in [0.25, 0.3) is 0 Å². The van der Waals surface area contributed by atoms with Gasteiger partial charge in [-0.15, -0.1) is 0 Å². The monoisotopic (exact) mass is 242 g/mol. The van der Waals surface area contributed by atoms with E-state index in [-0.39, 0.29) is 5.92 Å². The molecule has 92 valence electrons. The van der Waals surface area contributed by atoms with Crippen molar-refractivity contribution in [3.8, 4) is 5.75 Å². The first-order valence-corrected chi connectivity index (χ1v) is 5.33. The summed E-state index contributed by atoms with van der Waals surface area (Å²) in [5.41, 5.74) is -0.613. The highest BCUT2D eigenvalue weighted by Gasteiger charge is 2.59. The summed E-state index contributed by atoms with van der Waals surface area (Å²) in [6.45, 7) is 1.74. The van der Waals surface area contributed by atoms with E-state index in [1.807, 2.05) is 0 Å². The smallest absolute Gasteiger partial charge is 0.310 e. The average Bonchev–Trinajstić information content (AvgIpc) is 3.01. The quantitative estimate of drug-likeness (QED) is 0.856. The van der Waals surface area contributed by atoms with Crippen molar-refractivity contribution in [2.24, 2.45) is 5.41 Å². The molecule has 0 heterocycles. The maximum Gasteiger partial charge on any atom is 0.310 e. The van der Waals surface area contributed by atoms with Gasteiger partial charge in [-0.25, -0.2) is 8.78 Å². The van der Waals surface area contributed by atoms with E-state index in [2.05, 4.69) is 0 Å². The molecule has 17 heavy (non-hydrogen) atoms. The Kier molecular flexibility index (Phi) is 2.56. The van der Waals surface area contributed by atoms with Crippen molar-refractivity contribution in [1.29, 1.82) is 0 Å². The molecule has 0 saturated heterocycles. The van der Waals surface area contributed by atoms with Gasteiger partial charge in [-0.05, 0) is 30.5 Å². The van der Waals surface area contributed by atoms with Gasteiger partial charge in [0.1, 0.15) is 0 Å². The number of halogens is 2. The van der Waals surface area contributed by atoms with Crippen molar-refractivity contribution in [1.82, 2.24) is 0 Å². The van der Waals surface area contributed by atoms with Crippen LogP contribution in [0, 0.1) is 17.0 Å². The van der Waals surface area contributed by atoms with Gasteiger partial charge < -0.3 is 10.2 Å². The summed E-state index contributed by atoms with van der Waals surface area (Å²) in [7, 11) is 0. The van der Waals surface area contributed by atoms with Gasteiger partial charge in [0.2, 0.25) is 0 Å². The van der Waals surface area contributed by atoms with Crippen LogP contribution in [0.3, 0.4) is 0 Å². The summed E-state index contributed by atoms with van der Waals surface area (Å²) in [6.07, 6.45) is 0.791. The van der Waals surface area contributed by atoms with E-state index in [1.165, 1.54) is 0 Å². The molecule has 2 atom stereocenters. The Hall–Kier alpha value is -1.65. The minimum Gasteiger partial charge on any atom is -0.503 e. The molecule has 1 saturated carbocycles. The van der Waals surface area contributed by atoms with Crippen LogP contribution in [0.5, 0.6) is 5.75 Å². The van der Waals surface area contributed by atoms with E-state index >= 15 is 0 Å². The Bertz CT molecular complexity index is 464. The van der Waals surface area contributed by atoms with E-state index in [1.54, 1.807) is 6.92 Å². The standard InChI is InChI=1S/C12H12F2O3/c1-2-12(11(16)17)5-7(12)6-3-8(13)10(15)9(14)4-6/h3-4,7,15H,2,5H2,1H3,(H,16,17). The number of aromatic hydroxyl groups is 1. The normalized spacial score (nSPS) is 26.9. The zero-order valence-electron chi connectivity index (χ0n) is 9.20. The predicted octanol–water partition coefficient (Wildman–Crippen LogP) is 2.64. The first-order chi connectivity index (χ1) is 7.92. The lowest BCUT2D eigenvalue weighted by atomic mass is 9.96. The minimum atomic E-state index is -1.05. The number of rotatable bonds is 3. The molecule has 2 unspecified atom stereocenters. The van der Waals surface area contributed by atoms with E-state index in [0.717, 1.165) is 12.1 Å². The lowest BCUT2D eigenvalue weighted by molar-refractivity contribution is -0.143. The zero-order chi connectivity index (χ0) is 12.8. The molecular weight excluding hydrogens is 230 g/mol. The summed E-state index contributed by atoms with van der Waals surface area (Å²) in [4.78, 5) is 11.1. The predicted molar refractivity (Wildman–Crippen MR) is 55.7 cm³/mol. The first-order valence-electron chi connectivity index (χ1n) is 5.33. The van der Waals surface area contributed by atoms with Crippen LogP contribution in [-0.4, -0.2) is 16.2 Å². The van der Waals surface area contributed by atoms with E-state index in [0.29, 0.717) is 18.4 Å². The number of aliphatic carboxylic acids is 1. The Morgan fingerprint density at radius 3 is 2.35 bits per heavy atom. The van der Waals surface area contributed by atoms with Crippen LogP contribution < -0.4 is 0 Å². The Balaban J connectivity index is 2.36. The van der Waals surface area contributed by atoms with Crippen molar-refractivity contribution in [2.45, 2.75) is 25.7 Å².